The van der Waals surface area contributed by atoms with Crippen LogP contribution in [-0.4, -0.2) is 61.8 Å². The van der Waals surface area contributed by atoms with Gasteiger partial charge in [0.2, 0.25) is 0 Å². The molecule has 4 heterocycles. The van der Waals surface area contributed by atoms with Crippen molar-refractivity contribution in [2.75, 3.05) is 24.5 Å². The predicted octanol–water partition coefficient (Wildman–Crippen LogP) is 6.04. The first-order valence-electron chi connectivity index (χ1n) is 15.1. The third kappa shape index (κ3) is 5.97. The summed E-state index contributed by atoms with van der Waals surface area (Å²) in [5, 5.41) is 10.7. The van der Waals surface area contributed by atoms with Gasteiger partial charge in [0, 0.05) is 37.4 Å². The molecule has 0 saturated carbocycles. The fourth-order valence-corrected chi connectivity index (χ4v) is 5.72. The second kappa shape index (κ2) is 11.9. The third-order valence-corrected chi connectivity index (χ3v) is 7.89. The first-order valence-corrected chi connectivity index (χ1v) is 15.1. The molecule has 1 aliphatic heterocycles. The van der Waals surface area contributed by atoms with E-state index in [-0.39, 0.29) is 34.4 Å². The molecule has 5 rings (SSSR count). The minimum atomic E-state index is -0.632. The molecule has 45 heavy (non-hydrogen) atoms. The summed E-state index contributed by atoms with van der Waals surface area (Å²) in [7, 11) is 0. The minimum absolute atomic E-state index is 0.0328. The van der Waals surface area contributed by atoms with Gasteiger partial charge in [-0.15, -0.1) is 0 Å². The first-order chi connectivity index (χ1) is 21.2. The van der Waals surface area contributed by atoms with Gasteiger partial charge in [-0.25, -0.2) is 23.5 Å². The summed E-state index contributed by atoms with van der Waals surface area (Å²) in [4.78, 5) is 44.6. The number of aromatic nitrogens is 4. The van der Waals surface area contributed by atoms with Crippen LogP contribution < -0.4 is 10.6 Å². The number of anilines is 1. The van der Waals surface area contributed by atoms with E-state index in [2.05, 4.69) is 16.0 Å². The lowest BCUT2D eigenvalue weighted by molar-refractivity contribution is 0.0218. The summed E-state index contributed by atoms with van der Waals surface area (Å²) < 4.78 is 22.5. The van der Waals surface area contributed by atoms with Crippen LogP contribution in [0.15, 0.2) is 41.3 Å². The van der Waals surface area contributed by atoms with E-state index in [1.165, 1.54) is 4.57 Å². The molecular weight excluding hydrogens is 573 g/mol. The number of amides is 1. The van der Waals surface area contributed by atoms with Crippen LogP contribution in [0, 0.1) is 31.0 Å². The largest absolute Gasteiger partial charge is 0.444 e. The molecule has 234 valence electrons. The Kier molecular flexibility index (Phi) is 8.36. The molecule has 0 N–H and O–H groups in total. The van der Waals surface area contributed by atoms with Crippen LogP contribution in [0.3, 0.4) is 0 Å². The highest BCUT2D eigenvalue weighted by atomic mass is 19.1. The smallest absolute Gasteiger partial charge is 0.410 e. The summed E-state index contributed by atoms with van der Waals surface area (Å²) >= 11 is 0. The molecule has 1 aromatic carbocycles. The zero-order chi connectivity index (χ0) is 32.8. The van der Waals surface area contributed by atoms with Crippen molar-refractivity contribution in [2.24, 2.45) is 0 Å². The second-order valence-corrected chi connectivity index (χ2v) is 12.8. The molecule has 1 aliphatic rings. The third-order valence-electron chi connectivity index (χ3n) is 7.89. The quantitative estimate of drug-likeness (QED) is 0.274. The molecule has 1 fully saturated rings. The lowest BCUT2D eigenvalue weighted by Gasteiger charge is -2.41. The highest BCUT2D eigenvalue weighted by Gasteiger charge is 2.33. The molecule has 1 amide bonds. The van der Waals surface area contributed by atoms with E-state index in [1.54, 1.807) is 42.3 Å². The van der Waals surface area contributed by atoms with Gasteiger partial charge in [0.15, 0.2) is 5.65 Å². The Morgan fingerprint density at radius 2 is 1.87 bits per heavy atom. The van der Waals surface area contributed by atoms with Crippen molar-refractivity contribution >= 4 is 22.9 Å². The predicted molar refractivity (Wildman–Crippen MR) is 171 cm³/mol. The van der Waals surface area contributed by atoms with E-state index in [1.807, 2.05) is 59.4 Å². The maximum Gasteiger partial charge on any atom is 0.410 e. The zero-order valence-electron chi connectivity index (χ0n) is 27.0. The van der Waals surface area contributed by atoms with Crippen molar-refractivity contribution in [1.29, 1.82) is 5.26 Å². The number of carbonyl (C=O) groups is 1. The van der Waals surface area contributed by atoms with Crippen molar-refractivity contribution in [3.63, 3.8) is 0 Å². The first kappa shape index (κ1) is 31.6. The molecule has 1 atom stereocenters. The van der Waals surface area contributed by atoms with Crippen LogP contribution in [0.1, 0.15) is 69.8 Å². The van der Waals surface area contributed by atoms with Crippen molar-refractivity contribution in [1.82, 2.24) is 24.4 Å². The minimum Gasteiger partial charge on any atom is -0.444 e. The normalized spacial score (nSPS) is 15.4. The van der Waals surface area contributed by atoms with E-state index in [0.29, 0.717) is 47.8 Å². The fourth-order valence-electron chi connectivity index (χ4n) is 5.72. The Bertz CT molecular complexity index is 1910. The SMILES string of the molecule is Cc1cccc(-c2nc3c(cc2C#N)c(N2CCN(C(=O)OC(C)(C)C)C[C@@H]2C)nc(=O)n3-c2c(C)ccnc2C(C)C)c1F. The number of hydrogen-bond donors (Lipinski definition) is 0. The highest BCUT2D eigenvalue weighted by Crippen LogP contribution is 2.35. The van der Waals surface area contributed by atoms with E-state index in [0.717, 1.165) is 5.56 Å². The number of piperazine rings is 1. The van der Waals surface area contributed by atoms with Gasteiger partial charge in [-0.1, -0.05) is 26.0 Å². The number of fused-ring (bicyclic) bond motifs is 1. The Morgan fingerprint density at radius 3 is 2.51 bits per heavy atom. The Hall–Kier alpha value is -4.85. The number of carbonyl (C=O) groups excluding carboxylic acids is 1. The van der Waals surface area contributed by atoms with Crippen LogP contribution in [0.2, 0.25) is 0 Å². The van der Waals surface area contributed by atoms with E-state index in [4.69, 9.17) is 9.72 Å². The van der Waals surface area contributed by atoms with Gasteiger partial charge < -0.3 is 14.5 Å². The van der Waals surface area contributed by atoms with Gasteiger partial charge in [-0.05, 0) is 76.8 Å². The Balaban J connectivity index is 1.77. The molecule has 3 aromatic heterocycles. The topological polar surface area (TPSA) is 117 Å². The summed E-state index contributed by atoms with van der Waals surface area (Å²) in [6.07, 6.45) is 1.29. The van der Waals surface area contributed by atoms with Crippen LogP contribution in [0.25, 0.3) is 28.0 Å². The van der Waals surface area contributed by atoms with Gasteiger partial charge in [0.1, 0.15) is 23.3 Å². The number of benzene rings is 1. The molecule has 1 saturated heterocycles. The van der Waals surface area contributed by atoms with Gasteiger partial charge in [0.05, 0.1) is 28.0 Å². The van der Waals surface area contributed by atoms with Gasteiger partial charge in [-0.3, -0.25) is 4.98 Å². The van der Waals surface area contributed by atoms with Crippen molar-refractivity contribution < 1.29 is 13.9 Å². The van der Waals surface area contributed by atoms with Crippen molar-refractivity contribution in [3.8, 4) is 23.0 Å². The molecular formula is C34H38FN7O3. The lowest BCUT2D eigenvalue weighted by Crippen LogP contribution is -2.55. The molecule has 0 bridgehead atoms. The standard InChI is InChI=1S/C34H38FN7O3/c1-19(2)27-29(21(4)12-13-37-27)42-31-25(16-23(17-36)28(38-31)24-11-9-10-20(3)26(24)35)30(39-32(42)43)41-15-14-40(18-22(41)5)33(44)45-34(6,7)8/h9-13,16,19,22H,14-15,18H2,1-8H3/t22-/m0/s1. The number of aryl methyl sites for hydroxylation is 2. The molecule has 11 heteroatoms. The van der Waals surface area contributed by atoms with E-state index in [9.17, 15) is 14.9 Å². The molecule has 4 aromatic rings. The molecule has 0 radical (unpaired) electrons. The number of nitriles is 1. The van der Waals surface area contributed by atoms with Crippen molar-refractivity contribution in [3.05, 3.63) is 75.2 Å². The fraction of sp³-hybridized carbons (Fsp3) is 0.412. The summed E-state index contributed by atoms with van der Waals surface area (Å²) in [6.45, 7) is 16.0. The Labute approximate surface area is 262 Å². The number of ether oxygens (including phenoxy) is 1. The maximum atomic E-state index is 15.5. The van der Waals surface area contributed by atoms with Crippen molar-refractivity contribution in [2.45, 2.75) is 73.0 Å². The molecule has 0 spiro atoms. The van der Waals surface area contributed by atoms with Gasteiger partial charge in [-0.2, -0.15) is 10.2 Å². The van der Waals surface area contributed by atoms with Crippen LogP contribution >= 0.6 is 0 Å². The molecule has 10 nitrogen and oxygen atoms in total. The number of pyridine rings is 2. The van der Waals surface area contributed by atoms with Crippen LogP contribution in [-0.2, 0) is 4.74 Å². The average molecular weight is 612 g/mol. The highest BCUT2D eigenvalue weighted by molar-refractivity contribution is 5.92. The van der Waals surface area contributed by atoms with Gasteiger partial charge in [0.25, 0.3) is 0 Å². The van der Waals surface area contributed by atoms with Crippen LogP contribution in [0.5, 0.6) is 0 Å². The monoisotopic (exact) mass is 611 g/mol. The van der Waals surface area contributed by atoms with E-state index < -0.39 is 23.2 Å². The van der Waals surface area contributed by atoms with E-state index >= 15 is 4.39 Å². The van der Waals surface area contributed by atoms with Gasteiger partial charge >= 0.3 is 11.8 Å². The second-order valence-electron chi connectivity index (χ2n) is 12.8. The zero-order valence-corrected chi connectivity index (χ0v) is 27.0. The molecule has 0 unspecified atom stereocenters. The average Bonchev–Trinajstić information content (AvgIpc) is 2.97. The molecule has 0 aliphatic carbocycles. The Morgan fingerprint density at radius 1 is 1.13 bits per heavy atom. The number of rotatable bonds is 4. The lowest BCUT2D eigenvalue weighted by atomic mass is 10.0. The summed E-state index contributed by atoms with van der Waals surface area (Å²) in [5.41, 5.74) is 1.90. The summed E-state index contributed by atoms with van der Waals surface area (Å²) in [6, 6.07) is 10.3. The number of halogens is 1. The summed E-state index contributed by atoms with van der Waals surface area (Å²) in [5.74, 6) is -0.179. The number of nitrogens with zero attached hydrogens (tertiary/aromatic N) is 7. The number of hydrogen-bond acceptors (Lipinski definition) is 8. The maximum absolute atomic E-state index is 15.5. The van der Waals surface area contributed by atoms with Crippen LogP contribution in [0.4, 0.5) is 15.0 Å².